The first kappa shape index (κ1) is 36.2. The zero-order valence-corrected chi connectivity index (χ0v) is 35.7. The molecule has 15 aromatic rings. The SMILES string of the molecule is c1ccc2cc(-c3nc(-c4ccc5c(c4)oc4ccccc45)nc(-n4c5c(-c6cccc7c6oc6ccc8ccccc8c67)cccc5c5c6ccccc6c6ccccc6c54)n3)ccc2c1. The van der Waals surface area contributed by atoms with Gasteiger partial charge in [-0.25, -0.2) is 4.98 Å². The normalized spacial score (nSPS) is 12.2. The molecule has 0 saturated carbocycles. The van der Waals surface area contributed by atoms with Gasteiger partial charge in [-0.15, -0.1) is 0 Å². The lowest BCUT2D eigenvalue weighted by Gasteiger charge is -2.14. The summed E-state index contributed by atoms with van der Waals surface area (Å²) in [7, 11) is 0. The van der Waals surface area contributed by atoms with Gasteiger partial charge in [-0.1, -0.05) is 176 Å². The van der Waals surface area contributed by atoms with Crippen LogP contribution < -0.4 is 0 Å². The second kappa shape index (κ2) is 13.7. The highest BCUT2D eigenvalue weighted by Gasteiger charge is 2.26. The number of nitrogens with zero attached hydrogens (tertiary/aromatic N) is 4. The van der Waals surface area contributed by atoms with Gasteiger partial charge in [-0.3, -0.25) is 4.57 Å². The summed E-state index contributed by atoms with van der Waals surface area (Å²) in [6.07, 6.45) is 0. The Kier molecular flexibility index (Phi) is 7.40. The lowest BCUT2D eigenvalue weighted by atomic mass is 9.95. The summed E-state index contributed by atoms with van der Waals surface area (Å²) in [6, 6.07) is 72.6. The maximum Gasteiger partial charge on any atom is 0.238 e. The molecule has 0 atom stereocenters. The Morgan fingerprint density at radius 2 is 0.910 bits per heavy atom. The molecule has 0 spiro atoms. The largest absolute Gasteiger partial charge is 0.456 e. The molecule has 0 saturated heterocycles. The molecule has 67 heavy (non-hydrogen) atoms. The first-order valence-electron chi connectivity index (χ1n) is 22.6. The van der Waals surface area contributed by atoms with E-state index in [2.05, 4.69) is 193 Å². The van der Waals surface area contributed by atoms with Crippen molar-refractivity contribution in [3.63, 3.8) is 0 Å². The van der Waals surface area contributed by atoms with Gasteiger partial charge in [0, 0.05) is 60.0 Å². The molecule has 15 rings (SSSR count). The average molecular weight is 855 g/mol. The molecule has 0 unspecified atom stereocenters. The van der Waals surface area contributed by atoms with Gasteiger partial charge in [0.1, 0.15) is 22.3 Å². The number of hydrogen-bond donors (Lipinski definition) is 0. The van der Waals surface area contributed by atoms with Crippen LogP contribution in [0.25, 0.3) is 149 Å². The molecule has 4 aromatic heterocycles. The number of benzene rings is 11. The van der Waals surface area contributed by atoms with E-state index in [-0.39, 0.29) is 0 Å². The Bertz CT molecular complexity index is 4590. The summed E-state index contributed by atoms with van der Waals surface area (Å²) in [4.78, 5) is 16.3. The highest BCUT2D eigenvalue weighted by Crippen LogP contribution is 2.47. The third-order valence-corrected chi connectivity index (χ3v) is 13.8. The van der Waals surface area contributed by atoms with Gasteiger partial charge in [0.05, 0.1) is 11.0 Å². The molecule has 6 heteroatoms. The van der Waals surface area contributed by atoms with E-state index in [1.54, 1.807) is 0 Å². The number of furan rings is 2. The minimum absolute atomic E-state index is 0.508. The van der Waals surface area contributed by atoms with E-state index < -0.39 is 0 Å². The molecule has 310 valence electrons. The summed E-state index contributed by atoms with van der Waals surface area (Å²) in [5, 5.41) is 15.7. The number of para-hydroxylation sites is 3. The molecule has 6 nitrogen and oxygen atoms in total. The van der Waals surface area contributed by atoms with Gasteiger partial charge in [0.25, 0.3) is 0 Å². The van der Waals surface area contributed by atoms with Crippen LogP contribution in [-0.4, -0.2) is 19.5 Å². The Morgan fingerprint density at radius 3 is 1.75 bits per heavy atom. The lowest BCUT2D eigenvalue weighted by Crippen LogP contribution is -2.07. The Morgan fingerprint density at radius 1 is 0.313 bits per heavy atom. The fourth-order valence-corrected chi connectivity index (χ4v) is 10.8. The Hall–Kier alpha value is -9.13. The van der Waals surface area contributed by atoms with Crippen LogP contribution in [-0.2, 0) is 0 Å². The first-order valence-corrected chi connectivity index (χ1v) is 22.6. The van der Waals surface area contributed by atoms with E-state index in [9.17, 15) is 0 Å². The zero-order chi connectivity index (χ0) is 43.7. The average Bonchev–Trinajstić information content (AvgIpc) is 4.09. The molecule has 0 amide bonds. The highest BCUT2D eigenvalue weighted by atomic mass is 16.3. The van der Waals surface area contributed by atoms with Crippen LogP contribution in [0.2, 0.25) is 0 Å². The maximum atomic E-state index is 6.94. The second-order valence-corrected chi connectivity index (χ2v) is 17.4. The van der Waals surface area contributed by atoms with Crippen molar-refractivity contribution in [1.82, 2.24) is 19.5 Å². The van der Waals surface area contributed by atoms with E-state index in [1.165, 1.54) is 16.2 Å². The van der Waals surface area contributed by atoms with E-state index in [0.29, 0.717) is 17.6 Å². The van der Waals surface area contributed by atoms with Crippen molar-refractivity contribution in [3.8, 4) is 39.9 Å². The van der Waals surface area contributed by atoms with Crippen LogP contribution in [0.4, 0.5) is 0 Å². The number of fused-ring (bicyclic) bond motifs is 17. The van der Waals surface area contributed by atoms with Crippen molar-refractivity contribution in [3.05, 3.63) is 206 Å². The molecule has 0 fully saturated rings. The molecule has 0 aliphatic carbocycles. The van der Waals surface area contributed by atoms with Gasteiger partial charge in [-0.05, 0) is 68.0 Å². The van der Waals surface area contributed by atoms with Crippen molar-refractivity contribution in [2.45, 2.75) is 0 Å². The van der Waals surface area contributed by atoms with Crippen LogP contribution in [0.15, 0.2) is 215 Å². The molecule has 0 aliphatic rings. The van der Waals surface area contributed by atoms with Crippen molar-refractivity contribution in [1.29, 1.82) is 0 Å². The fourth-order valence-electron chi connectivity index (χ4n) is 10.8. The van der Waals surface area contributed by atoms with Gasteiger partial charge in [0.2, 0.25) is 5.95 Å². The lowest BCUT2D eigenvalue weighted by molar-refractivity contribution is 0.669. The first-order chi connectivity index (χ1) is 33.2. The van der Waals surface area contributed by atoms with Crippen molar-refractivity contribution >= 4 is 109 Å². The molecule has 0 radical (unpaired) electrons. The molecular formula is C61H34N4O2. The maximum absolute atomic E-state index is 6.94. The van der Waals surface area contributed by atoms with E-state index >= 15 is 0 Å². The number of rotatable bonds is 4. The third-order valence-electron chi connectivity index (χ3n) is 13.8. The van der Waals surface area contributed by atoms with Gasteiger partial charge in [0.15, 0.2) is 11.6 Å². The minimum Gasteiger partial charge on any atom is -0.456 e. The summed E-state index contributed by atoms with van der Waals surface area (Å²) in [5.41, 5.74) is 9.02. The fraction of sp³-hybridized carbons (Fsp3) is 0. The minimum atomic E-state index is 0.508. The molecule has 11 aromatic carbocycles. The topological polar surface area (TPSA) is 69.9 Å². The summed E-state index contributed by atoms with van der Waals surface area (Å²) in [5.74, 6) is 1.62. The van der Waals surface area contributed by atoms with Crippen LogP contribution in [0, 0.1) is 0 Å². The second-order valence-electron chi connectivity index (χ2n) is 17.4. The van der Waals surface area contributed by atoms with Crippen LogP contribution in [0.1, 0.15) is 0 Å². The highest BCUT2D eigenvalue weighted by molar-refractivity contribution is 6.33. The third kappa shape index (κ3) is 5.23. The summed E-state index contributed by atoms with van der Waals surface area (Å²) in [6.45, 7) is 0. The van der Waals surface area contributed by atoms with Crippen LogP contribution in [0.5, 0.6) is 0 Å². The van der Waals surface area contributed by atoms with Crippen LogP contribution in [0.3, 0.4) is 0 Å². The Labute approximate surface area is 381 Å². The summed E-state index contributed by atoms with van der Waals surface area (Å²) >= 11 is 0. The van der Waals surface area contributed by atoms with Gasteiger partial charge >= 0.3 is 0 Å². The predicted molar refractivity (Wildman–Crippen MR) is 275 cm³/mol. The standard InChI is InChI=1S/C61H34N4O2/c1-2-15-37-33-38(28-27-35(37)13-1)59-62-60(39-29-31-44-43-19-9-10-26-51(43)66-53(44)34-39)64-61(63-59)65-56-47(48-23-12-25-50-54-40-16-4-3-14-36(40)30-32-52(54)67-58(48)50)22-11-24-49(56)55-45-20-7-5-17-41(45)42-18-6-8-21-46(42)57(55)65/h1-34H. The smallest absolute Gasteiger partial charge is 0.238 e. The number of hydrogen-bond acceptors (Lipinski definition) is 5. The van der Waals surface area contributed by atoms with E-state index in [4.69, 9.17) is 23.8 Å². The summed E-state index contributed by atoms with van der Waals surface area (Å²) < 4.78 is 15.7. The monoisotopic (exact) mass is 854 g/mol. The quantitative estimate of drug-likeness (QED) is 0.165. The molecule has 4 heterocycles. The zero-order valence-electron chi connectivity index (χ0n) is 35.7. The van der Waals surface area contributed by atoms with Crippen LogP contribution >= 0.6 is 0 Å². The van der Waals surface area contributed by atoms with E-state index in [0.717, 1.165) is 115 Å². The molecule has 0 bridgehead atoms. The Balaban J connectivity index is 1.10. The molecule has 0 N–H and O–H groups in total. The van der Waals surface area contributed by atoms with Crippen molar-refractivity contribution in [2.24, 2.45) is 0 Å². The van der Waals surface area contributed by atoms with Gasteiger partial charge in [-0.2, -0.15) is 9.97 Å². The molecule has 0 aliphatic heterocycles. The predicted octanol–water partition coefficient (Wildman–Crippen LogP) is 16.4. The van der Waals surface area contributed by atoms with Crippen molar-refractivity contribution in [2.75, 3.05) is 0 Å². The number of aromatic nitrogens is 4. The van der Waals surface area contributed by atoms with Crippen molar-refractivity contribution < 1.29 is 8.83 Å². The molecular weight excluding hydrogens is 821 g/mol. The van der Waals surface area contributed by atoms with E-state index in [1.807, 2.05) is 18.2 Å². The van der Waals surface area contributed by atoms with Gasteiger partial charge < -0.3 is 8.83 Å².